The Hall–Kier alpha value is -1.95. The lowest BCUT2D eigenvalue weighted by Gasteiger charge is -2.15. The van der Waals surface area contributed by atoms with E-state index in [4.69, 9.17) is 5.73 Å². The molecule has 104 valence electrons. The minimum absolute atomic E-state index is 0.0295. The molecule has 0 aromatic carbocycles. The number of carbonyl (C=O) groups excluding carboxylic acids is 2. The van der Waals surface area contributed by atoms with Gasteiger partial charge in [-0.15, -0.1) is 0 Å². The predicted molar refractivity (Wildman–Crippen MR) is 73.4 cm³/mol. The number of nitrogens with zero attached hydrogens (tertiary/aromatic N) is 1. The summed E-state index contributed by atoms with van der Waals surface area (Å²) in [5, 5.41) is 5.08. The first-order valence-electron chi connectivity index (χ1n) is 6.16. The average Bonchev–Trinajstić information content (AvgIpc) is 2.37. The van der Waals surface area contributed by atoms with Gasteiger partial charge in [0.05, 0.1) is 12.6 Å². The third-order valence-corrected chi connectivity index (χ3v) is 2.62. The molecule has 0 aliphatic heterocycles. The van der Waals surface area contributed by atoms with Crippen LogP contribution in [0.25, 0.3) is 0 Å². The van der Waals surface area contributed by atoms with E-state index in [1.165, 1.54) is 0 Å². The van der Waals surface area contributed by atoms with Crippen LogP contribution in [0.2, 0.25) is 0 Å². The van der Waals surface area contributed by atoms with Gasteiger partial charge >= 0.3 is 0 Å². The number of pyridine rings is 1. The molecule has 1 aromatic heterocycles. The zero-order valence-electron chi connectivity index (χ0n) is 11.4. The molecule has 1 heterocycles. The zero-order chi connectivity index (χ0) is 14.4. The number of aromatic nitrogens is 1. The molecule has 6 heteroatoms. The van der Waals surface area contributed by atoms with Gasteiger partial charge in [-0.25, -0.2) is 4.98 Å². The van der Waals surface area contributed by atoms with Gasteiger partial charge in [0.15, 0.2) is 0 Å². The summed E-state index contributed by atoms with van der Waals surface area (Å²) in [7, 11) is 0. The van der Waals surface area contributed by atoms with Crippen LogP contribution in [0.3, 0.4) is 0 Å². The van der Waals surface area contributed by atoms with Crippen LogP contribution in [0.15, 0.2) is 18.3 Å². The Labute approximate surface area is 112 Å². The lowest BCUT2D eigenvalue weighted by molar-refractivity contribution is -0.125. The number of anilines is 1. The molecule has 0 radical (unpaired) electrons. The highest BCUT2D eigenvalue weighted by molar-refractivity contribution is 5.94. The smallest absolute Gasteiger partial charge is 0.244 e. The largest absolute Gasteiger partial charge is 0.346 e. The number of rotatable bonds is 5. The van der Waals surface area contributed by atoms with Crippen molar-refractivity contribution in [3.05, 3.63) is 23.9 Å². The van der Waals surface area contributed by atoms with Crippen LogP contribution in [-0.4, -0.2) is 29.4 Å². The molecule has 1 atom stereocenters. The molecule has 6 nitrogen and oxygen atoms in total. The van der Waals surface area contributed by atoms with Crippen LogP contribution in [0.1, 0.15) is 19.4 Å². The maximum atomic E-state index is 11.6. The second-order valence-corrected chi connectivity index (χ2v) is 4.76. The monoisotopic (exact) mass is 264 g/mol. The summed E-state index contributed by atoms with van der Waals surface area (Å²) in [6, 6.07) is 2.94. The van der Waals surface area contributed by atoms with Crippen LogP contribution >= 0.6 is 0 Å². The van der Waals surface area contributed by atoms with Crippen LogP contribution in [0, 0.1) is 12.8 Å². The van der Waals surface area contributed by atoms with E-state index in [1.807, 2.05) is 26.8 Å². The van der Waals surface area contributed by atoms with E-state index < -0.39 is 6.04 Å². The van der Waals surface area contributed by atoms with Gasteiger partial charge in [-0.3, -0.25) is 9.59 Å². The quantitative estimate of drug-likeness (QED) is 0.718. The standard InChI is InChI=1S/C13H20N4O2/c1-8(2)12(14)13(19)16-7-11(18)17-10-5-4-9(3)6-15-10/h4-6,8,12H,7,14H2,1-3H3,(H,16,19)(H,15,17,18)/t12-/m0/s1. The first kappa shape index (κ1) is 15.1. The Kier molecular flexibility index (Phi) is 5.44. The normalized spacial score (nSPS) is 12.1. The third-order valence-electron chi connectivity index (χ3n) is 2.62. The molecule has 4 N–H and O–H groups in total. The number of nitrogens with one attached hydrogen (secondary N) is 2. The van der Waals surface area contributed by atoms with Gasteiger partial charge in [0, 0.05) is 6.20 Å². The molecule has 0 bridgehead atoms. The van der Waals surface area contributed by atoms with Crippen LogP contribution in [0.4, 0.5) is 5.82 Å². The molecule has 1 rings (SSSR count). The Bertz CT molecular complexity index is 442. The summed E-state index contributed by atoms with van der Waals surface area (Å²) in [6.07, 6.45) is 1.66. The fourth-order valence-corrected chi connectivity index (χ4v) is 1.32. The van der Waals surface area contributed by atoms with Gasteiger partial charge in [0.25, 0.3) is 0 Å². The SMILES string of the molecule is Cc1ccc(NC(=O)CNC(=O)[C@@H](N)C(C)C)nc1. The van der Waals surface area contributed by atoms with Gasteiger partial charge < -0.3 is 16.4 Å². The average molecular weight is 264 g/mol. The molecular formula is C13H20N4O2. The molecule has 2 amide bonds. The van der Waals surface area contributed by atoms with Gasteiger partial charge in [-0.05, 0) is 24.5 Å². The van der Waals surface area contributed by atoms with E-state index in [9.17, 15) is 9.59 Å². The summed E-state index contributed by atoms with van der Waals surface area (Å²) in [5.74, 6) is -0.178. The molecular weight excluding hydrogens is 244 g/mol. The van der Waals surface area contributed by atoms with Crippen molar-refractivity contribution in [3.63, 3.8) is 0 Å². The van der Waals surface area contributed by atoms with Crippen molar-refractivity contribution >= 4 is 17.6 Å². The Morgan fingerprint density at radius 1 is 1.37 bits per heavy atom. The van der Waals surface area contributed by atoms with E-state index in [0.29, 0.717) is 5.82 Å². The highest BCUT2D eigenvalue weighted by Gasteiger charge is 2.17. The minimum atomic E-state index is -0.606. The predicted octanol–water partition coefficient (Wildman–Crippen LogP) is 0.428. The van der Waals surface area contributed by atoms with Crippen molar-refractivity contribution in [2.75, 3.05) is 11.9 Å². The van der Waals surface area contributed by atoms with Gasteiger partial charge in [0.2, 0.25) is 11.8 Å². The highest BCUT2D eigenvalue weighted by Crippen LogP contribution is 2.03. The van der Waals surface area contributed by atoms with E-state index in [1.54, 1.807) is 12.3 Å². The van der Waals surface area contributed by atoms with Crippen molar-refractivity contribution in [1.29, 1.82) is 0 Å². The van der Waals surface area contributed by atoms with E-state index in [-0.39, 0.29) is 24.3 Å². The summed E-state index contributed by atoms with van der Waals surface area (Å²) in [6.45, 7) is 5.49. The molecule has 0 spiro atoms. The number of hydrogen-bond donors (Lipinski definition) is 3. The molecule has 0 unspecified atom stereocenters. The number of aryl methyl sites for hydroxylation is 1. The van der Waals surface area contributed by atoms with Crippen molar-refractivity contribution in [3.8, 4) is 0 Å². The summed E-state index contributed by atoms with van der Waals surface area (Å²) < 4.78 is 0. The topological polar surface area (TPSA) is 97.1 Å². The first-order chi connectivity index (χ1) is 8.90. The molecule has 0 aliphatic rings. The molecule has 1 aromatic rings. The fraction of sp³-hybridized carbons (Fsp3) is 0.462. The van der Waals surface area contributed by atoms with Crippen LogP contribution in [-0.2, 0) is 9.59 Å². The van der Waals surface area contributed by atoms with Crippen molar-refractivity contribution < 1.29 is 9.59 Å². The molecule has 0 fully saturated rings. The zero-order valence-corrected chi connectivity index (χ0v) is 11.4. The lowest BCUT2D eigenvalue weighted by Crippen LogP contribution is -2.46. The second kappa shape index (κ2) is 6.84. The number of carbonyl (C=O) groups is 2. The minimum Gasteiger partial charge on any atom is -0.346 e. The van der Waals surface area contributed by atoms with Crippen LogP contribution in [0.5, 0.6) is 0 Å². The lowest BCUT2D eigenvalue weighted by atomic mass is 10.1. The second-order valence-electron chi connectivity index (χ2n) is 4.76. The maximum absolute atomic E-state index is 11.6. The van der Waals surface area contributed by atoms with Crippen molar-refractivity contribution in [2.24, 2.45) is 11.7 Å². The van der Waals surface area contributed by atoms with Gasteiger partial charge in [-0.2, -0.15) is 0 Å². The first-order valence-corrected chi connectivity index (χ1v) is 6.16. The van der Waals surface area contributed by atoms with Gasteiger partial charge in [0.1, 0.15) is 5.82 Å². The number of hydrogen-bond acceptors (Lipinski definition) is 4. The van der Waals surface area contributed by atoms with Crippen LogP contribution < -0.4 is 16.4 Å². The number of amides is 2. The van der Waals surface area contributed by atoms with Crippen molar-refractivity contribution in [1.82, 2.24) is 10.3 Å². The Balaban J connectivity index is 2.40. The maximum Gasteiger partial charge on any atom is 0.244 e. The molecule has 19 heavy (non-hydrogen) atoms. The van der Waals surface area contributed by atoms with E-state index in [2.05, 4.69) is 15.6 Å². The number of nitrogens with two attached hydrogens (primary N) is 1. The third kappa shape index (κ3) is 5.05. The Morgan fingerprint density at radius 2 is 2.05 bits per heavy atom. The van der Waals surface area contributed by atoms with E-state index >= 15 is 0 Å². The molecule has 0 aliphatic carbocycles. The summed E-state index contributed by atoms with van der Waals surface area (Å²) in [5.41, 5.74) is 6.67. The van der Waals surface area contributed by atoms with Crippen molar-refractivity contribution in [2.45, 2.75) is 26.8 Å². The van der Waals surface area contributed by atoms with E-state index in [0.717, 1.165) is 5.56 Å². The Morgan fingerprint density at radius 3 is 2.58 bits per heavy atom. The fourth-order valence-electron chi connectivity index (χ4n) is 1.32. The molecule has 0 saturated heterocycles. The summed E-state index contributed by atoms with van der Waals surface area (Å²) in [4.78, 5) is 27.2. The summed E-state index contributed by atoms with van der Waals surface area (Å²) >= 11 is 0. The highest BCUT2D eigenvalue weighted by atomic mass is 16.2. The molecule has 0 saturated carbocycles. The van der Waals surface area contributed by atoms with Gasteiger partial charge in [-0.1, -0.05) is 19.9 Å².